The molecule has 2 heterocycles. The molecule has 1 aliphatic heterocycles. The van der Waals surface area contributed by atoms with E-state index in [9.17, 15) is 8.42 Å². The summed E-state index contributed by atoms with van der Waals surface area (Å²) >= 11 is 0. The van der Waals surface area contributed by atoms with Crippen LogP contribution < -0.4 is 19.1 Å². The van der Waals surface area contributed by atoms with E-state index in [1.807, 2.05) is 35.2 Å². The Morgan fingerprint density at radius 2 is 1.58 bits per heavy atom. The van der Waals surface area contributed by atoms with Crippen molar-refractivity contribution in [3.05, 3.63) is 54.6 Å². The van der Waals surface area contributed by atoms with Gasteiger partial charge in [0.2, 0.25) is 10.0 Å². The Balaban J connectivity index is 1.39. The van der Waals surface area contributed by atoms with Gasteiger partial charge >= 0.3 is 0 Å². The molecule has 9 nitrogen and oxygen atoms in total. The van der Waals surface area contributed by atoms with Gasteiger partial charge in [-0.05, 0) is 61.0 Å². The van der Waals surface area contributed by atoms with Crippen LogP contribution in [0.4, 0.5) is 5.82 Å². The number of benzene rings is 2. The second kappa shape index (κ2) is 11.6. The van der Waals surface area contributed by atoms with Gasteiger partial charge in [0, 0.05) is 31.7 Å². The zero-order chi connectivity index (χ0) is 25.5. The van der Waals surface area contributed by atoms with Gasteiger partial charge in [-0.3, -0.25) is 0 Å². The van der Waals surface area contributed by atoms with Gasteiger partial charge < -0.3 is 19.1 Å². The Kier molecular flexibility index (Phi) is 8.27. The zero-order valence-electron chi connectivity index (χ0n) is 20.9. The number of piperazine rings is 1. The van der Waals surface area contributed by atoms with Crippen LogP contribution in [0.15, 0.2) is 59.5 Å². The summed E-state index contributed by atoms with van der Waals surface area (Å²) in [5, 5.41) is 8.78. The first-order valence-corrected chi connectivity index (χ1v) is 13.4. The van der Waals surface area contributed by atoms with Crippen LogP contribution >= 0.6 is 0 Å². The van der Waals surface area contributed by atoms with Crippen molar-refractivity contribution in [2.75, 3.05) is 51.9 Å². The average Bonchev–Trinajstić information content (AvgIpc) is 2.93. The summed E-state index contributed by atoms with van der Waals surface area (Å²) in [7, 11) is -0.360. The molecular formula is C26H32N4O5S. The summed E-state index contributed by atoms with van der Waals surface area (Å²) < 4.78 is 44.2. The first kappa shape index (κ1) is 25.7. The summed E-state index contributed by atoms with van der Waals surface area (Å²) in [6.07, 6.45) is 2.01. The fourth-order valence-electron chi connectivity index (χ4n) is 4.00. The Hall–Kier alpha value is -3.37. The van der Waals surface area contributed by atoms with Crippen molar-refractivity contribution in [1.82, 2.24) is 14.5 Å². The van der Waals surface area contributed by atoms with Gasteiger partial charge in [-0.2, -0.15) is 4.31 Å². The number of unbranched alkanes of at least 4 members (excludes halogenated alkanes) is 1. The summed E-state index contributed by atoms with van der Waals surface area (Å²) in [5.41, 5.74) is 1.45. The normalized spacial score (nSPS) is 14.5. The molecule has 1 aliphatic rings. The number of sulfonamides is 1. The molecule has 0 unspecified atom stereocenters. The second-order valence-electron chi connectivity index (χ2n) is 8.41. The molecule has 0 amide bonds. The number of ether oxygens (including phenoxy) is 3. The van der Waals surface area contributed by atoms with Crippen molar-refractivity contribution < 1.29 is 22.6 Å². The summed E-state index contributed by atoms with van der Waals surface area (Å²) in [6, 6.07) is 15.9. The van der Waals surface area contributed by atoms with E-state index >= 15 is 0 Å². The highest BCUT2D eigenvalue weighted by molar-refractivity contribution is 7.89. The lowest BCUT2D eigenvalue weighted by Crippen LogP contribution is -2.48. The lowest BCUT2D eigenvalue weighted by Gasteiger charge is -2.34. The first-order chi connectivity index (χ1) is 17.5. The Morgan fingerprint density at radius 1 is 0.861 bits per heavy atom. The SMILES string of the molecule is CCCCOc1ccc(S(=O)(=O)N2CCN(c3ccc(-c4cc(OC)ccc4OC)nn3)CC2)cc1. The molecule has 0 radical (unpaired) electrons. The van der Waals surface area contributed by atoms with E-state index < -0.39 is 10.0 Å². The molecule has 0 N–H and O–H groups in total. The van der Waals surface area contributed by atoms with Gasteiger partial charge in [0.25, 0.3) is 0 Å². The van der Waals surface area contributed by atoms with E-state index in [1.165, 1.54) is 4.31 Å². The molecule has 1 aromatic heterocycles. The van der Waals surface area contributed by atoms with Gasteiger partial charge in [0.1, 0.15) is 17.2 Å². The average molecular weight is 513 g/mol. The zero-order valence-corrected chi connectivity index (χ0v) is 21.7. The first-order valence-electron chi connectivity index (χ1n) is 12.0. The van der Waals surface area contributed by atoms with Crippen LogP contribution in [0.25, 0.3) is 11.3 Å². The van der Waals surface area contributed by atoms with Crippen LogP contribution in [0.2, 0.25) is 0 Å². The lowest BCUT2D eigenvalue weighted by atomic mass is 10.1. The molecule has 0 aliphatic carbocycles. The van der Waals surface area contributed by atoms with Crippen molar-refractivity contribution in [3.63, 3.8) is 0 Å². The highest BCUT2D eigenvalue weighted by Gasteiger charge is 2.29. The van der Waals surface area contributed by atoms with Crippen LogP contribution in [0.3, 0.4) is 0 Å². The van der Waals surface area contributed by atoms with Crippen LogP contribution in [0.5, 0.6) is 17.2 Å². The minimum atomic E-state index is -3.58. The number of rotatable bonds is 10. The van der Waals surface area contributed by atoms with E-state index in [-0.39, 0.29) is 4.90 Å². The van der Waals surface area contributed by atoms with E-state index in [2.05, 4.69) is 17.1 Å². The van der Waals surface area contributed by atoms with Crippen molar-refractivity contribution in [2.45, 2.75) is 24.7 Å². The Morgan fingerprint density at radius 3 is 2.19 bits per heavy atom. The van der Waals surface area contributed by atoms with E-state index in [0.717, 1.165) is 18.4 Å². The smallest absolute Gasteiger partial charge is 0.243 e. The standard InChI is InChI=1S/C26H32N4O5S/c1-4-5-18-35-20-6-9-22(10-7-20)36(31,32)30-16-14-29(15-17-30)26-13-11-24(27-28-26)23-19-21(33-2)8-12-25(23)34-3/h6-13,19H,4-5,14-18H2,1-3H3. The molecule has 1 fully saturated rings. The lowest BCUT2D eigenvalue weighted by molar-refractivity contribution is 0.309. The minimum absolute atomic E-state index is 0.273. The monoisotopic (exact) mass is 512 g/mol. The molecular weight excluding hydrogens is 480 g/mol. The number of methoxy groups -OCH3 is 2. The van der Waals surface area contributed by atoms with Crippen LogP contribution in [0.1, 0.15) is 19.8 Å². The van der Waals surface area contributed by atoms with Crippen molar-refractivity contribution in [3.8, 4) is 28.5 Å². The highest BCUT2D eigenvalue weighted by atomic mass is 32.2. The number of anilines is 1. The van der Waals surface area contributed by atoms with Gasteiger partial charge in [0.15, 0.2) is 5.82 Å². The molecule has 0 bridgehead atoms. The highest BCUT2D eigenvalue weighted by Crippen LogP contribution is 2.32. The number of aromatic nitrogens is 2. The molecule has 2 aromatic carbocycles. The molecule has 0 saturated carbocycles. The topological polar surface area (TPSA) is 94.1 Å². The summed E-state index contributed by atoms with van der Waals surface area (Å²) in [6.45, 7) is 4.50. The molecule has 0 spiro atoms. The Bertz CT molecular complexity index is 1240. The fourth-order valence-corrected chi connectivity index (χ4v) is 5.42. The second-order valence-corrected chi connectivity index (χ2v) is 10.3. The number of hydrogen-bond donors (Lipinski definition) is 0. The quantitative estimate of drug-likeness (QED) is 0.378. The molecule has 36 heavy (non-hydrogen) atoms. The maximum atomic E-state index is 13.1. The Labute approximate surface area is 212 Å². The van der Waals surface area contributed by atoms with Crippen LogP contribution in [-0.4, -0.2) is 69.9 Å². The van der Waals surface area contributed by atoms with Crippen molar-refractivity contribution in [2.24, 2.45) is 0 Å². The van der Waals surface area contributed by atoms with Crippen molar-refractivity contribution >= 4 is 15.8 Å². The molecule has 3 aromatic rings. The van der Waals surface area contributed by atoms with Gasteiger partial charge in [-0.25, -0.2) is 8.42 Å². The van der Waals surface area contributed by atoms with Gasteiger partial charge in [-0.15, -0.1) is 10.2 Å². The third kappa shape index (κ3) is 5.71. The van der Waals surface area contributed by atoms with Crippen molar-refractivity contribution in [1.29, 1.82) is 0 Å². The molecule has 0 atom stereocenters. The van der Waals surface area contributed by atoms with E-state index in [0.29, 0.717) is 61.5 Å². The predicted octanol–water partition coefficient (Wildman–Crippen LogP) is 3.85. The maximum absolute atomic E-state index is 13.1. The summed E-state index contributed by atoms with van der Waals surface area (Å²) in [4.78, 5) is 2.31. The number of nitrogens with zero attached hydrogens (tertiary/aromatic N) is 4. The summed E-state index contributed by atoms with van der Waals surface area (Å²) in [5.74, 6) is 2.76. The molecule has 4 rings (SSSR count). The fraction of sp³-hybridized carbons (Fsp3) is 0.385. The van der Waals surface area contributed by atoms with E-state index in [4.69, 9.17) is 14.2 Å². The molecule has 1 saturated heterocycles. The third-order valence-corrected chi connectivity index (χ3v) is 8.04. The number of hydrogen-bond acceptors (Lipinski definition) is 8. The largest absolute Gasteiger partial charge is 0.497 e. The van der Waals surface area contributed by atoms with Crippen LogP contribution in [0, 0.1) is 0 Å². The van der Waals surface area contributed by atoms with E-state index in [1.54, 1.807) is 38.5 Å². The van der Waals surface area contributed by atoms with Crippen LogP contribution in [-0.2, 0) is 10.0 Å². The van der Waals surface area contributed by atoms with Gasteiger partial charge in [0.05, 0.1) is 31.4 Å². The third-order valence-electron chi connectivity index (χ3n) is 6.12. The van der Waals surface area contributed by atoms with Gasteiger partial charge in [-0.1, -0.05) is 13.3 Å². The minimum Gasteiger partial charge on any atom is -0.497 e. The molecule has 192 valence electrons. The maximum Gasteiger partial charge on any atom is 0.243 e. The molecule has 10 heteroatoms. The predicted molar refractivity (Wildman–Crippen MR) is 138 cm³/mol.